The van der Waals surface area contributed by atoms with Crippen molar-refractivity contribution in [1.82, 2.24) is 0 Å². The van der Waals surface area contributed by atoms with E-state index in [0.717, 1.165) is 0 Å². The standard InChI is InChI=1S/C42H26O/c1-2-13-28(14-3-1)30-25-26-38-41(36-22-10-11-24-37(36)43-38)42(30)40-34-20-8-6-18-32(34)39(33-19-7-9-21-35(33)40)31-23-12-16-27-15-4-5-17-29(27)31/h1-26H/i1D,2D,3D,6D,7D,8D,9D,13D,14D,16D,18D,19D,20D,21D. The molecule has 0 amide bonds. The minimum atomic E-state index is -0.625. The van der Waals surface area contributed by atoms with Crippen molar-refractivity contribution in [2.24, 2.45) is 0 Å². The van der Waals surface area contributed by atoms with Crippen molar-refractivity contribution in [2.45, 2.75) is 0 Å². The van der Waals surface area contributed by atoms with Crippen molar-refractivity contribution in [3.05, 3.63) is 157 Å². The number of benzene rings is 8. The quantitative estimate of drug-likeness (QED) is 0.196. The number of hydrogen-bond acceptors (Lipinski definition) is 1. The zero-order valence-corrected chi connectivity index (χ0v) is 22.3. The van der Waals surface area contributed by atoms with Gasteiger partial charge in [-0.2, -0.15) is 0 Å². The summed E-state index contributed by atoms with van der Waals surface area (Å²) in [6.45, 7) is 0. The zero-order chi connectivity index (χ0) is 40.5. The van der Waals surface area contributed by atoms with Crippen LogP contribution in [0.3, 0.4) is 0 Å². The van der Waals surface area contributed by atoms with E-state index >= 15 is 0 Å². The lowest BCUT2D eigenvalue weighted by Crippen LogP contribution is -1.94. The van der Waals surface area contributed by atoms with E-state index in [0.29, 0.717) is 32.7 Å². The molecule has 0 spiro atoms. The van der Waals surface area contributed by atoms with Crippen molar-refractivity contribution in [1.29, 1.82) is 0 Å². The number of fused-ring (bicyclic) bond motifs is 6. The molecule has 9 aromatic rings. The highest BCUT2D eigenvalue weighted by Crippen LogP contribution is 2.50. The first-order chi connectivity index (χ1) is 27.2. The molecule has 1 heterocycles. The molecule has 1 aromatic heterocycles. The Hall–Kier alpha value is -5.66. The van der Waals surface area contributed by atoms with Gasteiger partial charge in [-0.3, -0.25) is 0 Å². The zero-order valence-electron chi connectivity index (χ0n) is 36.3. The maximum Gasteiger partial charge on any atom is 0.136 e. The third-order valence-electron chi connectivity index (χ3n) is 7.91. The van der Waals surface area contributed by atoms with Crippen LogP contribution in [0.4, 0.5) is 0 Å². The van der Waals surface area contributed by atoms with Gasteiger partial charge in [0.2, 0.25) is 0 Å². The molecular formula is C42H26O. The molecule has 0 atom stereocenters. The normalized spacial score (nSPS) is 16.3. The second-order valence-corrected chi connectivity index (χ2v) is 10.1. The fourth-order valence-corrected chi connectivity index (χ4v) is 6.18. The Balaban J connectivity index is 1.68. The van der Waals surface area contributed by atoms with Crippen LogP contribution in [0.25, 0.3) is 87.6 Å². The predicted octanol–water partition coefficient (Wildman–Crippen LogP) is 12.0. The van der Waals surface area contributed by atoms with Gasteiger partial charge in [-0.25, -0.2) is 0 Å². The van der Waals surface area contributed by atoms with Crippen molar-refractivity contribution < 1.29 is 23.6 Å². The van der Waals surface area contributed by atoms with Crippen molar-refractivity contribution in [2.75, 3.05) is 0 Å². The predicted molar refractivity (Wildman–Crippen MR) is 183 cm³/mol. The first kappa shape index (κ1) is 14.0. The fourth-order valence-electron chi connectivity index (χ4n) is 6.18. The highest BCUT2D eigenvalue weighted by Gasteiger charge is 2.23. The Bertz CT molecular complexity index is 3190. The summed E-state index contributed by atoms with van der Waals surface area (Å²) in [5.41, 5.74) is 0.956. The Morgan fingerprint density at radius 3 is 1.77 bits per heavy atom. The first-order valence-electron chi connectivity index (χ1n) is 20.6. The summed E-state index contributed by atoms with van der Waals surface area (Å²) in [4.78, 5) is 0. The summed E-state index contributed by atoms with van der Waals surface area (Å²) in [5.74, 6) is 0. The van der Waals surface area contributed by atoms with Crippen LogP contribution in [-0.4, -0.2) is 0 Å². The molecule has 0 saturated heterocycles. The molecule has 200 valence electrons. The summed E-state index contributed by atoms with van der Waals surface area (Å²) in [6.07, 6.45) is 0. The Labute approximate surface area is 268 Å². The largest absolute Gasteiger partial charge is 0.456 e. The highest BCUT2D eigenvalue weighted by atomic mass is 16.3. The Morgan fingerprint density at radius 1 is 0.395 bits per heavy atom. The molecule has 9 rings (SSSR count). The number of hydrogen-bond donors (Lipinski definition) is 0. The number of para-hydroxylation sites is 1. The van der Waals surface area contributed by atoms with E-state index in [1.165, 1.54) is 12.1 Å². The maximum atomic E-state index is 9.56. The summed E-state index contributed by atoms with van der Waals surface area (Å²) in [5, 5.41) is 1.43. The molecule has 8 aromatic carbocycles. The molecule has 0 bridgehead atoms. The van der Waals surface area contributed by atoms with Crippen molar-refractivity contribution in [3.63, 3.8) is 0 Å². The van der Waals surface area contributed by atoms with Crippen LogP contribution < -0.4 is 0 Å². The summed E-state index contributed by atoms with van der Waals surface area (Å²) in [7, 11) is 0. The smallest absolute Gasteiger partial charge is 0.136 e. The van der Waals surface area contributed by atoms with Crippen LogP contribution in [0.2, 0.25) is 0 Å². The lowest BCUT2D eigenvalue weighted by atomic mass is 9.81. The van der Waals surface area contributed by atoms with Gasteiger partial charge in [-0.1, -0.05) is 145 Å². The van der Waals surface area contributed by atoms with Crippen molar-refractivity contribution in [3.8, 4) is 33.4 Å². The summed E-state index contributed by atoms with van der Waals surface area (Å²) >= 11 is 0. The van der Waals surface area contributed by atoms with Gasteiger partial charge in [0.25, 0.3) is 0 Å². The van der Waals surface area contributed by atoms with Gasteiger partial charge in [0, 0.05) is 16.3 Å². The number of rotatable bonds is 3. The minimum absolute atomic E-state index is 0.0465. The monoisotopic (exact) mass is 560 g/mol. The van der Waals surface area contributed by atoms with Crippen LogP contribution in [0, 0.1) is 0 Å². The first-order valence-corrected chi connectivity index (χ1v) is 13.6. The number of furan rings is 1. The Kier molecular flexibility index (Phi) is 3.07. The molecule has 1 heteroatoms. The molecule has 0 radical (unpaired) electrons. The highest BCUT2D eigenvalue weighted by molar-refractivity contribution is 6.28. The van der Waals surface area contributed by atoms with Crippen LogP contribution in [0.5, 0.6) is 0 Å². The van der Waals surface area contributed by atoms with Gasteiger partial charge < -0.3 is 4.42 Å². The van der Waals surface area contributed by atoms with Gasteiger partial charge in [-0.05, 0) is 72.3 Å². The lowest BCUT2D eigenvalue weighted by Gasteiger charge is -2.21. The van der Waals surface area contributed by atoms with E-state index in [-0.39, 0.29) is 61.0 Å². The molecular weight excluding hydrogens is 520 g/mol. The SMILES string of the molecule is [2H]c1c([2H])c([2H])c(-c2ccc3oc4ccccc4c3c2-c2c3c([2H])c([2H])c([2H])c([2H])c3c(-c3ccc([2H])c4ccccc34)c3c([2H])c([2H])c([2H])c([2H])c23)c([2H])c1[2H]. The average molecular weight is 561 g/mol. The molecule has 0 aliphatic heterocycles. The minimum Gasteiger partial charge on any atom is -0.456 e. The van der Waals surface area contributed by atoms with Gasteiger partial charge in [-0.15, -0.1) is 0 Å². The fraction of sp³-hybridized carbons (Fsp3) is 0. The molecule has 0 saturated carbocycles. The second kappa shape index (κ2) is 9.44. The molecule has 0 aliphatic rings. The molecule has 0 N–H and O–H groups in total. The van der Waals surface area contributed by atoms with Crippen molar-refractivity contribution >= 4 is 54.3 Å². The Morgan fingerprint density at radius 2 is 1.02 bits per heavy atom. The van der Waals surface area contributed by atoms with Crippen LogP contribution in [0.15, 0.2) is 162 Å². The van der Waals surface area contributed by atoms with Gasteiger partial charge in [0.15, 0.2) is 0 Å². The van der Waals surface area contributed by atoms with E-state index in [4.69, 9.17) is 18.1 Å². The summed E-state index contributed by atoms with van der Waals surface area (Å²) < 4.78 is 132. The second-order valence-electron chi connectivity index (χ2n) is 10.1. The molecule has 43 heavy (non-hydrogen) atoms. The van der Waals surface area contributed by atoms with Crippen LogP contribution in [-0.2, 0) is 0 Å². The van der Waals surface area contributed by atoms with Gasteiger partial charge in [0.1, 0.15) is 11.2 Å². The summed E-state index contributed by atoms with van der Waals surface area (Å²) in [6, 6.07) is 12.8. The van der Waals surface area contributed by atoms with E-state index < -0.39 is 78.6 Å². The lowest BCUT2D eigenvalue weighted by molar-refractivity contribution is 0.669. The molecule has 0 fully saturated rings. The van der Waals surface area contributed by atoms with E-state index in [9.17, 15) is 5.48 Å². The van der Waals surface area contributed by atoms with E-state index in [1.807, 2.05) is 0 Å². The molecule has 1 nitrogen and oxygen atoms in total. The van der Waals surface area contributed by atoms with Gasteiger partial charge in [0.05, 0.1) is 19.2 Å². The van der Waals surface area contributed by atoms with E-state index in [2.05, 4.69) is 0 Å². The topological polar surface area (TPSA) is 13.1 Å². The van der Waals surface area contributed by atoms with Crippen LogP contribution in [0.1, 0.15) is 19.2 Å². The van der Waals surface area contributed by atoms with Crippen LogP contribution >= 0.6 is 0 Å². The maximum absolute atomic E-state index is 9.56. The third-order valence-corrected chi connectivity index (χ3v) is 7.91. The third kappa shape index (κ3) is 3.58. The van der Waals surface area contributed by atoms with Gasteiger partial charge >= 0.3 is 0 Å². The molecule has 0 aliphatic carbocycles. The average Bonchev–Trinajstić information content (AvgIpc) is 3.60. The van der Waals surface area contributed by atoms with E-state index in [1.54, 1.807) is 60.7 Å². The molecule has 0 unspecified atom stereocenters.